The molecule has 0 spiro atoms. The van der Waals surface area contributed by atoms with Crippen LogP contribution in [0.4, 0.5) is 0 Å². The number of unbranched alkanes of at least 4 members (excludes halogenated alkanes) is 2. The molecule has 17 heavy (non-hydrogen) atoms. The van der Waals surface area contributed by atoms with E-state index in [-0.39, 0.29) is 5.57 Å². The summed E-state index contributed by atoms with van der Waals surface area (Å²) in [6.07, 6.45) is 7.29. The number of hydrogen-bond donors (Lipinski definition) is 0. The summed E-state index contributed by atoms with van der Waals surface area (Å²) in [5.74, 6) is 1.08. The maximum absolute atomic E-state index is 11.1. The largest absolute Gasteiger partial charge is 0.465 e. The second kappa shape index (κ2) is 7.47. The van der Waals surface area contributed by atoms with Crippen molar-refractivity contribution < 1.29 is 14.3 Å². The van der Waals surface area contributed by atoms with Gasteiger partial charge in [-0.05, 0) is 31.4 Å². The third kappa shape index (κ3) is 4.70. The number of hydrogen-bond acceptors (Lipinski definition) is 3. The van der Waals surface area contributed by atoms with Crippen molar-refractivity contribution >= 4 is 11.9 Å². The van der Waals surface area contributed by atoms with Gasteiger partial charge in [0, 0.05) is 18.9 Å². The third-order valence-electron chi connectivity index (χ3n) is 2.56. The molecular formula is C13H17NO3. The number of carbonyl (C=O) groups excluding carboxylic acids is 2. The first-order valence-electron chi connectivity index (χ1n) is 5.71. The van der Waals surface area contributed by atoms with Crippen LogP contribution in [-0.2, 0) is 20.9 Å². The number of methoxy groups -OCH3 is 1. The number of aromatic nitrogens is 1. The Morgan fingerprint density at radius 3 is 2.53 bits per heavy atom. The Kier molecular flexibility index (Phi) is 5.83. The molecule has 0 bridgehead atoms. The minimum Gasteiger partial charge on any atom is -0.465 e. The summed E-state index contributed by atoms with van der Waals surface area (Å²) in [6, 6.07) is 3.98. The van der Waals surface area contributed by atoms with Crippen molar-refractivity contribution in [3.05, 3.63) is 30.1 Å². The Morgan fingerprint density at radius 1 is 1.24 bits per heavy atom. The summed E-state index contributed by atoms with van der Waals surface area (Å²) >= 11 is 0. The fourth-order valence-electron chi connectivity index (χ4n) is 1.61. The lowest BCUT2D eigenvalue weighted by Crippen LogP contribution is -2.05. The van der Waals surface area contributed by atoms with Gasteiger partial charge in [0.15, 0.2) is 0 Å². The van der Waals surface area contributed by atoms with E-state index in [2.05, 4.69) is 9.30 Å². The molecule has 0 aromatic carbocycles. The minimum atomic E-state index is -0.564. The summed E-state index contributed by atoms with van der Waals surface area (Å²) in [4.78, 5) is 21.6. The molecule has 0 unspecified atom stereocenters. The highest BCUT2D eigenvalue weighted by Gasteiger charge is 2.09. The monoisotopic (exact) mass is 235 g/mol. The van der Waals surface area contributed by atoms with Crippen LogP contribution in [0.3, 0.4) is 0 Å². The van der Waals surface area contributed by atoms with Crippen molar-refractivity contribution in [2.45, 2.75) is 32.2 Å². The quantitative estimate of drug-likeness (QED) is 0.314. The summed E-state index contributed by atoms with van der Waals surface area (Å²) in [6.45, 7) is 0.964. The molecule has 0 saturated carbocycles. The molecule has 0 atom stereocenters. The second-order valence-electron chi connectivity index (χ2n) is 3.80. The first-order valence-corrected chi connectivity index (χ1v) is 5.71. The topological polar surface area (TPSA) is 48.3 Å². The molecule has 0 aliphatic carbocycles. The molecule has 1 rings (SSSR count). The van der Waals surface area contributed by atoms with Gasteiger partial charge in [0.1, 0.15) is 11.5 Å². The Bertz CT molecular complexity index is 389. The molecule has 0 saturated heterocycles. The zero-order valence-electron chi connectivity index (χ0n) is 10.0. The molecule has 0 fully saturated rings. The van der Waals surface area contributed by atoms with Crippen molar-refractivity contribution in [3.63, 3.8) is 0 Å². The molecular weight excluding hydrogens is 218 g/mol. The van der Waals surface area contributed by atoms with Gasteiger partial charge >= 0.3 is 5.97 Å². The number of carbonyl (C=O) groups is 1. The highest BCUT2D eigenvalue weighted by molar-refractivity contribution is 5.96. The predicted octanol–water partition coefficient (Wildman–Crippen LogP) is 1.98. The van der Waals surface area contributed by atoms with Crippen molar-refractivity contribution in [1.82, 2.24) is 4.57 Å². The maximum atomic E-state index is 11.1. The molecule has 1 aromatic rings. The van der Waals surface area contributed by atoms with Gasteiger partial charge in [0.25, 0.3) is 0 Å². The molecule has 1 heterocycles. The van der Waals surface area contributed by atoms with Crippen LogP contribution in [-0.4, -0.2) is 23.6 Å². The Hall–Kier alpha value is -1.80. The van der Waals surface area contributed by atoms with Crippen LogP contribution < -0.4 is 0 Å². The van der Waals surface area contributed by atoms with E-state index in [1.54, 1.807) is 5.94 Å². The molecule has 1 aromatic heterocycles. The van der Waals surface area contributed by atoms with Crippen molar-refractivity contribution in [1.29, 1.82) is 0 Å². The van der Waals surface area contributed by atoms with Gasteiger partial charge < -0.3 is 9.30 Å². The van der Waals surface area contributed by atoms with Crippen molar-refractivity contribution in [2.24, 2.45) is 0 Å². The SMILES string of the molecule is COC(=O)C(=C=O)CCCCCn1cccc1. The van der Waals surface area contributed by atoms with E-state index in [0.717, 1.165) is 25.8 Å². The molecule has 0 aliphatic heterocycles. The van der Waals surface area contributed by atoms with Gasteiger partial charge in [0.05, 0.1) is 7.11 Å². The van der Waals surface area contributed by atoms with Crippen LogP contribution in [0.15, 0.2) is 30.1 Å². The predicted molar refractivity (Wildman–Crippen MR) is 64.1 cm³/mol. The van der Waals surface area contributed by atoms with Crippen LogP contribution in [0.5, 0.6) is 0 Å². The lowest BCUT2D eigenvalue weighted by Gasteiger charge is -2.03. The van der Waals surface area contributed by atoms with E-state index < -0.39 is 5.97 Å². The van der Waals surface area contributed by atoms with Gasteiger partial charge in [-0.1, -0.05) is 6.42 Å². The van der Waals surface area contributed by atoms with Gasteiger partial charge in [-0.2, -0.15) is 0 Å². The number of aryl methyl sites for hydroxylation is 1. The second-order valence-corrected chi connectivity index (χ2v) is 3.80. The fraction of sp³-hybridized carbons (Fsp3) is 0.462. The molecule has 0 N–H and O–H groups in total. The molecule has 92 valence electrons. The standard InChI is InChI=1S/C13H17NO3/c1-17-13(16)12(11-15)7-3-2-4-8-14-9-5-6-10-14/h5-6,9-10H,2-4,7-8H2,1H3. The van der Waals surface area contributed by atoms with Crippen LogP contribution in [0.2, 0.25) is 0 Å². The van der Waals surface area contributed by atoms with Crippen molar-refractivity contribution in [3.8, 4) is 0 Å². The highest BCUT2D eigenvalue weighted by Crippen LogP contribution is 2.08. The van der Waals surface area contributed by atoms with Gasteiger partial charge in [-0.25, -0.2) is 9.59 Å². The van der Waals surface area contributed by atoms with E-state index in [9.17, 15) is 9.59 Å². The molecule has 4 heteroatoms. The summed E-state index contributed by atoms with van der Waals surface area (Å²) in [5, 5.41) is 0. The average molecular weight is 235 g/mol. The summed E-state index contributed by atoms with van der Waals surface area (Å²) in [7, 11) is 1.27. The van der Waals surface area contributed by atoms with Crippen LogP contribution in [0, 0.1) is 0 Å². The van der Waals surface area contributed by atoms with E-state index in [1.165, 1.54) is 7.11 Å². The summed E-state index contributed by atoms with van der Waals surface area (Å²) < 4.78 is 6.58. The minimum absolute atomic E-state index is 0.105. The van der Waals surface area contributed by atoms with Crippen LogP contribution in [0.1, 0.15) is 25.7 Å². The zero-order chi connectivity index (χ0) is 12.5. The fourth-order valence-corrected chi connectivity index (χ4v) is 1.61. The van der Waals surface area contributed by atoms with Crippen LogP contribution in [0.25, 0.3) is 0 Å². The highest BCUT2D eigenvalue weighted by atomic mass is 16.5. The molecule has 0 amide bonds. The van der Waals surface area contributed by atoms with E-state index >= 15 is 0 Å². The smallest absolute Gasteiger partial charge is 0.344 e. The van der Waals surface area contributed by atoms with Gasteiger partial charge in [0.2, 0.25) is 0 Å². The first kappa shape index (κ1) is 13.3. The zero-order valence-corrected chi connectivity index (χ0v) is 10.0. The number of ether oxygens (including phenoxy) is 1. The van der Waals surface area contributed by atoms with E-state index in [4.69, 9.17) is 0 Å². The maximum Gasteiger partial charge on any atom is 0.344 e. The lowest BCUT2D eigenvalue weighted by molar-refractivity contribution is -0.136. The van der Waals surface area contributed by atoms with E-state index in [1.807, 2.05) is 24.5 Å². The summed E-state index contributed by atoms with van der Waals surface area (Å²) in [5.41, 5.74) is 0.105. The van der Waals surface area contributed by atoms with Gasteiger partial charge in [-0.3, -0.25) is 0 Å². The first-order chi connectivity index (χ1) is 8.27. The lowest BCUT2D eigenvalue weighted by atomic mass is 10.1. The number of rotatable bonds is 7. The van der Waals surface area contributed by atoms with Gasteiger partial charge in [-0.15, -0.1) is 0 Å². The average Bonchev–Trinajstić information content (AvgIpc) is 2.86. The number of nitrogens with zero attached hydrogens (tertiary/aromatic N) is 1. The number of esters is 1. The van der Waals surface area contributed by atoms with E-state index in [0.29, 0.717) is 6.42 Å². The molecule has 4 nitrogen and oxygen atoms in total. The van der Waals surface area contributed by atoms with Crippen LogP contribution >= 0.6 is 0 Å². The Morgan fingerprint density at radius 2 is 1.94 bits per heavy atom. The molecule has 0 radical (unpaired) electrons. The van der Waals surface area contributed by atoms with Crippen molar-refractivity contribution in [2.75, 3.05) is 7.11 Å². The Balaban J connectivity index is 2.15. The Labute approximate surface area is 101 Å². The molecule has 0 aliphatic rings. The third-order valence-corrected chi connectivity index (χ3v) is 2.56. The normalized spacial score (nSPS) is 9.71.